The Morgan fingerprint density at radius 1 is 1.22 bits per heavy atom. The van der Waals surface area contributed by atoms with E-state index in [1.165, 1.54) is 10.9 Å². The minimum Gasteiger partial charge on any atom is -0.493 e. The number of hydrogen-bond donors (Lipinski definition) is 1. The number of likely N-dealkylation sites (N-methyl/N-ethyl adjacent to an activating group) is 1. The van der Waals surface area contributed by atoms with E-state index in [0.29, 0.717) is 0 Å². The Kier molecular flexibility index (Phi) is 4.65. The van der Waals surface area contributed by atoms with Crippen LogP contribution in [0.25, 0.3) is 10.9 Å². The molecule has 0 unspecified atom stereocenters. The Hall–Kier alpha value is -1.48. The monoisotopic (exact) mass is 246 g/mol. The predicted octanol–water partition coefficient (Wildman–Crippen LogP) is 3.04. The number of hydrogen-bond acceptors (Lipinski definition) is 2. The Morgan fingerprint density at radius 3 is 2.89 bits per heavy atom. The van der Waals surface area contributed by atoms with Crippen LogP contribution in [0.5, 0.6) is 5.75 Å². The lowest BCUT2D eigenvalue weighted by molar-refractivity contribution is 0.321. The molecule has 3 heteroatoms. The third kappa shape index (κ3) is 2.85. The van der Waals surface area contributed by atoms with Crippen LogP contribution >= 0.6 is 0 Å². The van der Waals surface area contributed by atoms with Gasteiger partial charge in [-0.25, -0.2) is 0 Å². The van der Waals surface area contributed by atoms with Crippen LogP contribution in [0.1, 0.15) is 20.3 Å². The molecule has 1 aromatic carbocycles. The molecule has 2 aromatic rings. The maximum absolute atomic E-state index is 5.78. The fraction of sp³-hybridized carbons (Fsp3) is 0.467. The topological polar surface area (TPSA) is 26.2 Å². The molecule has 98 valence electrons. The number of ether oxygens (including phenoxy) is 1. The number of aromatic nitrogens is 1. The lowest BCUT2D eigenvalue weighted by atomic mass is 10.2. The van der Waals surface area contributed by atoms with Crippen LogP contribution in [0.4, 0.5) is 0 Å². The molecule has 3 nitrogen and oxygen atoms in total. The number of rotatable bonds is 7. The number of nitrogens with zero attached hydrogens (tertiary/aromatic N) is 1. The SMILES string of the molecule is CCCOc1cccc2c1ccn2CCNCC. The van der Waals surface area contributed by atoms with Crippen molar-refractivity contribution in [3.63, 3.8) is 0 Å². The second kappa shape index (κ2) is 6.45. The van der Waals surface area contributed by atoms with Crippen molar-refractivity contribution in [1.82, 2.24) is 9.88 Å². The molecule has 0 saturated carbocycles. The van der Waals surface area contributed by atoms with Gasteiger partial charge in [0.25, 0.3) is 0 Å². The standard InChI is InChI=1S/C15H22N2O/c1-3-12-18-15-7-5-6-14-13(15)8-10-17(14)11-9-16-4-2/h5-8,10,16H,3-4,9,11-12H2,1-2H3. The number of fused-ring (bicyclic) bond motifs is 1. The average molecular weight is 246 g/mol. The van der Waals surface area contributed by atoms with Gasteiger partial charge in [-0.15, -0.1) is 0 Å². The van der Waals surface area contributed by atoms with Crippen molar-refractivity contribution in [3.8, 4) is 5.75 Å². The molecule has 0 radical (unpaired) electrons. The van der Waals surface area contributed by atoms with Gasteiger partial charge >= 0.3 is 0 Å². The van der Waals surface area contributed by atoms with E-state index in [4.69, 9.17) is 4.74 Å². The van der Waals surface area contributed by atoms with Crippen LogP contribution in [-0.2, 0) is 6.54 Å². The smallest absolute Gasteiger partial charge is 0.128 e. The van der Waals surface area contributed by atoms with Crippen LogP contribution in [0.15, 0.2) is 30.5 Å². The molecule has 1 N–H and O–H groups in total. The molecule has 0 atom stereocenters. The van der Waals surface area contributed by atoms with Gasteiger partial charge in [-0.2, -0.15) is 0 Å². The summed E-state index contributed by atoms with van der Waals surface area (Å²) in [5, 5.41) is 4.56. The molecule has 1 aromatic heterocycles. The van der Waals surface area contributed by atoms with Crippen LogP contribution in [0, 0.1) is 0 Å². The summed E-state index contributed by atoms with van der Waals surface area (Å²) in [6.45, 7) is 8.05. The average Bonchev–Trinajstić information content (AvgIpc) is 2.81. The molecule has 0 fully saturated rings. The molecule has 0 aliphatic heterocycles. The van der Waals surface area contributed by atoms with E-state index in [1.807, 2.05) is 6.07 Å². The third-order valence-corrected chi connectivity index (χ3v) is 3.01. The highest BCUT2D eigenvalue weighted by molar-refractivity contribution is 5.86. The maximum atomic E-state index is 5.78. The summed E-state index contributed by atoms with van der Waals surface area (Å²) in [6.07, 6.45) is 3.18. The van der Waals surface area contributed by atoms with Crippen LogP contribution < -0.4 is 10.1 Å². The lowest BCUT2D eigenvalue weighted by Gasteiger charge is -2.08. The molecule has 2 rings (SSSR count). The van der Waals surface area contributed by atoms with Gasteiger partial charge in [0, 0.05) is 24.7 Å². The fourth-order valence-corrected chi connectivity index (χ4v) is 2.10. The largest absolute Gasteiger partial charge is 0.493 e. The van der Waals surface area contributed by atoms with Crippen molar-refractivity contribution < 1.29 is 4.74 Å². The molecular weight excluding hydrogens is 224 g/mol. The fourth-order valence-electron chi connectivity index (χ4n) is 2.10. The Labute approximate surface area is 109 Å². The van der Waals surface area contributed by atoms with E-state index in [2.05, 4.69) is 48.1 Å². The van der Waals surface area contributed by atoms with Crippen molar-refractivity contribution in [1.29, 1.82) is 0 Å². The normalized spacial score (nSPS) is 11.0. The first-order valence-electron chi connectivity index (χ1n) is 6.78. The van der Waals surface area contributed by atoms with Crippen molar-refractivity contribution in [3.05, 3.63) is 30.5 Å². The van der Waals surface area contributed by atoms with Crippen molar-refractivity contribution in [2.75, 3.05) is 19.7 Å². The molecule has 0 amide bonds. The summed E-state index contributed by atoms with van der Waals surface area (Å²) in [5.41, 5.74) is 1.25. The van der Waals surface area contributed by atoms with Gasteiger partial charge in [0.2, 0.25) is 0 Å². The molecule has 0 saturated heterocycles. The lowest BCUT2D eigenvalue weighted by Crippen LogP contribution is -2.18. The quantitative estimate of drug-likeness (QED) is 0.760. The van der Waals surface area contributed by atoms with E-state index >= 15 is 0 Å². The van der Waals surface area contributed by atoms with Crippen LogP contribution in [0.2, 0.25) is 0 Å². The van der Waals surface area contributed by atoms with Gasteiger partial charge in [-0.1, -0.05) is 19.9 Å². The van der Waals surface area contributed by atoms with Gasteiger partial charge in [0.05, 0.1) is 12.1 Å². The summed E-state index contributed by atoms with van der Waals surface area (Å²) >= 11 is 0. The minimum absolute atomic E-state index is 0.779. The molecule has 0 aliphatic carbocycles. The Morgan fingerprint density at radius 2 is 2.11 bits per heavy atom. The molecular formula is C15H22N2O. The highest BCUT2D eigenvalue weighted by atomic mass is 16.5. The summed E-state index contributed by atoms with van der Waals surface area (Å²) in [5.74, 6) is 0.997. The predicted molar refractivity (Wildman–Crippen MR) is 76.3 cm³/mol. The number of nitrogens with one attached hydrogen (secondary N) is 1. The summed E-state index contributed by atoms with van der Waals surface area (Å²) in [4.78, 5) is 0. The molecule has 1 heterocycles. The van der Waals surface area contributed by atoms with Crippen LogP contribution in [-0.4, -0.2) is 24.3 Å². The van der Waals surface area contributed by atoms with E-state index in [1.54, 1.807) is 0 Å². The highest BCUT2D eigenvalue weighted by Gasteiger charge is 2.05. The first-order valence-corrected chi connectivity index (χ1v) is 6.78. The second-order valence-corrected chi connectivity index (χ2v) is 4.40. The van der Waals surface area contributed by atoms with E-state index in [0.717, 1.165) is 38.4 Å². The zero-order valence-corrected chi connectivity index (χ0v) is 11.3. The van der Waals surface area contributed by atoms with Crippen LogP contribution in [0.3, 0.4) is 0 Å². The molecule has 0 spiro atoms. The van der Waals surface area contributed by atoms with Gasteiger partial charge in [0.15, 0.2) is 0 Å². The second-order valence-electron chi connectivity index (χ2n) is 4.40. The molecule has 0 aliphatic rings. The molecule has 0 bridgehead atoms. The summed E-state index contributed by atoms with van der Waals surface area (Å²) < 4.78 is 8.05. The van der Waals surface area contributed by atoms with Gasteiger partial charge in [0.1, 0.15) is 5.75 Å². The van der Waals surface area contributed by atoms with Gasteiger partial charge < -0.3 is 14.6 Å². The highest BCUT2D eigenvalue weighted by Crippen LogP contribution is 2.26. The first-order chi connectivity index (χ1) is 8.86. The van der Waals surface area contributed by atoms with E-state index in [-0.39, 0.29) is 0 Å². The van der Waals surface area contributed by atoms with E-state index in [9.17, 15) is 0 Å². The van der Waals surface area contributed by atoms with E-state index < -0.39 is 0 Å². The first kappa shape index (κ1) is 13.0. The van der Waals surface area contributed by atoms with Crippen molar-refractivity contribution >= 4 is 10.9 Å². The van der Waals surface area contributed by atoms with Gasteiger partial charge in [-0.05, 0) is 31.2 Å². The summed E-state index contributed by atoms with van der Waals surface area (Å²) in [7, 11) is 0. The molecule has 18 heavy (non-hydrogen) atoms. The van der Waals surface area contributed by atoms with Crippen molar-refractivity contribution in [2.24, 2.45) is 0 Å². The van der Waals surface area contributed by atoms with Gasteiger partial charge in [-0.3, -0.25) is 0 Å². The minimum atomic E-state index is 0.779. The van der Waals surface area contributed by atoms with Crippen molar-refractivity contribution in [2.45, 2.75) is 26.8 Å². The maximum Gasteiger partial charge on any atom is 0.128 e. The zero-order chi connectivity index (χ0) is 12.8. The third-order valence-electron chi connectivity index (χ3n) is 3.01. The Balaban J connectivity index is 2.19. The summed E-state index contributed by atoms with van der Waals surface area (Å²) in [6, 6.07) is 8.41. The number of benzene rings is 1. The Bertz CT molecular complexity index is 490. The zero-order valence-electron chi connectivity index (χ0n) is 11.3.